The molecule has 1 aromatic carbocycles. The molecule has 0 saturated heterocycles. The van der Waals surface area contributed by atoms with Crippen LogP contribution in [0.15, 0.2) is 42.6 Å². The van der Waals surface area contributed by atoms with Crippen LogP contribution in [0.4, 0.5) is 0 Å². The van der Waals surface area contributed by atoms with Gasteiger partial charge in [0.15, 0.2) is 0 Å². The highest BCUT2D eigenvalue weighted by atomic mass is 16.3. The van der Waals surface area contributed by atoms with Gasteiger partial charge in [-0.3, -0.25) is 4.68 Å². The summed E-state index contributed by atoms with van der Waals surface area (Å²) in [6, 6.07) is 12.4. The Morgan fingerprint density at radius 1 is 1.11 bits per heavy atom. The van der Waals surface area contributed by atoms with E-state index in [9.17, 15) is 5.11 Å². The zero-order chi connectivity index (χ0) is 13.0. The quantitative estimate of drug-likeness (QED) is 0.878. The van der Waals surface area contributed by atoms with Gasteiger partial charge in [-0.25, -0.2) is 0 Å². The number of benzene rings is 1. The van der Waals surface area contributed by atoms with E-state index in [1.807, 2.05) is 47.3 Å². The molecule has 2 aromatic rings. The number of aliphatic hydroxyl groups excluding tert-OH is 1. The number of hydrogen-bond donors (Lipinski definition) is 1. The molecule has 0 spiro atoms. The fourth-order valence-corrected chi connectivity index (χ4v) is 1.97. The van der Waals surface area contributed by atoms with Gasteiger partial charge in [-0.15, -0.1) is 0 Å². The van der Waals surface area contributed by atoms with E-state index in [0.29, 0.717) is 18.9 Å². The van der Waals surface area contributed by atoms with Gasteiger partial charge in [0.25, 0.3) is 0 Å². The van der Waals surface area contributed by atoms with E-state index in [1.54, 1.807) is 0 Å². The smallest absolute Gasteiger partial charge is 0.0650 e. The van der Waals surface area contributed by atoms with Crippen molar-refractivity contribution in [2.24, 2.45) is 0 Å². The normalized spacial score (nSPS) is 12.9. The maximum absolute atomic E-state index is 10.1. The third kappa shape index (κ3) is 3.44. The van der Waals surface area contributed by atoms with Gasteiger partial charge in [-0.05, 0) is 31.9 Å². The highest BCUT2D eigenvalue weighted by Crippen LogP contribution is 2.09. The van der Waals surface area contributed by atoms with Crippen LogP contribution in [0.1, 0.15) is 31.1 Å². The fourth-order valence-electron chi connectivity index (χ4n) is 1.97. The Balaban J connectivity index is 1.92. The molecule has 3 heteroatoms. The summed E-state index contributed by atoms with van der Waals surface area (Å²) in [6.45, 7) is 4.19. The van der Waals surface area contributed by atoms with Crippen LogP contribution >= 0.6 is 0 Å². The Morgan fingerprint density at radius 3 is 2.44 bits per heavy atom. The highest BCUT2D eigenvalue weighted by Gasteiger charge is 2.09. The summed E-state index contributed by atoms with van der Waals surface area (Å²) in [7, 11) is 0. The number of aromatic nitrogens is 2. The predicted octanol–water partition coefficient (Wildman–Crippen LogP) is 2.61. The second kappa shape index (κ2) is 5.83. The van der Waals surface area contributed by atoms with Crippen molar-refractivity contribution in [3.8, 4) is 0 Å². The van der Waals surface area contributed by atoms with E-state index < -0.39 is 0 Å². The summed E-state index contributed by atoms with van der Waals surface area (Å²) in [5.41, 5.74) is 2.11. The van der Waals surface area contributed by atoms with E-state index >= 15 is 0 Å². The van der Waals surface area contributed by atoms with Crippen LogP contribution in [0.25, 0.3) is 0 Å². The van der Waals surface area contributed by atoms with Crippen LogP contribution in [0.5, 0.6) is 0 Å². The molecule has 2 rings (SSSR count). The third-order valence-corrected chi connectivity index (χ3v) is 2.95. The van der Waals surface area contributed by atoms with Gasteiger partial charge in [0.1, 0.15) is 0 Å². The topological polar surface area (TPSA) is 38.0 Å². The van der Waals surface area contributed by atoms with Crippen LogP contribution in [0.3, 0.4) is 0 Å². The van der Waals surface area contributed by atoms with Crippen molar-refractivity contribution in [3.63, 3.8) is 0 Å². The largest absolute Gasteiger partial charge is 0.392 e. The van der Waals surface area contributed by atoms with Gasteiger partial charge >= 0.3 is 0 Å². The molecule has 0 radical (unpaired) electrons. The van der Waals surface area contributed by atoms with Gasteiger partial charge < -0.3 is 5.11 Å². The van der Waals surface area contributed by atoms with Crippen molar-refractivity contribution in [2.45, 2.75) is 38.8 Å². The molecule has 0 aliphatic rings. The first-order chi connectivity index (χ1) is 8.65. The first-order valence-corrected chi connectivity index (χ1v) is 6.41. The summed E-state index contributed by atoms with van der Waals surface area (Å²) >= 11 is 0. The second-order valence-corrected chi connectivity index (χ2v) is 4.93. The molecular weight excluding hydrogens is 224 g/mol. The van der Waals surface area contributed by atoms with Crippen molar-refractivity contribution in [1.29, 1.82) is 0 Å². The molecule has 1 atom stereocenters. The Kier molecular flexibility index (Phi) is 4.15. The van der Waals surface area contributed by atoms with Gasteiger partial charge in [-0.2, -0.15) is 5.10 Å². The van der Waals surface area contributed by atoms with Crippen LogP contribution < -0.4 is 0 Å². The molecule has 1 heterocycles. The van der Waals surface area contributed by atoms with Crippen molar-refractivity contribution in [3.05, 3.63) is 53.9 Å². The molecule has 1 aromatic heterocycles. The Bertz CT molecular complexity index is 476. The first-order valence-electron chi connectivity index (χ1n) is 6.41. The second-order valence-electron chi connectivity index (χ2n) is 4.93. The van der Waals surface area contributed by atoms with Gasteiger partial charge in [0, 0.05) is 18.7 Å². The molecule has 0 aliphatic heterocycles. The van der Waals surface area contributed by atoms with Gasteiger partial charge in [-0.1, -0.05) is 30.3 Å². The zero-order valence-corrected chi connectivity index (χ0v) is 11.0. The minimum absolute atomic E-state index is 0.366. The number of nitrogens with zero attached hydrogens (tertiary/aromatic N) is 2. The number of aliphatic hydroxyl groups is 1. The standard InChI is InChI=1S/C15H20N2O/c1-12(2)17-9-8-14(16-17)11-15(18)10-13-6-4-3-5-7-13/h3-9,12,15,18H,10-11H2,1-2H3. The molecule has 3 nitrogen and oxygen atoms in total. The van der Waals surface area contributed by atoms with Crippen LogP contribution in [-0.2, 0) is 12.8 Å². The average Bonchev–Trinajstić information content (AvgIpc) is 2.78. The van der Waals surface area contributed by atoms with E-state index in [1.165, 1.54) is 0 Å². The molecule has 0 fully saturated rings. The maximum atomic E-state index is 10.1. The van der Waals surface area contributed by atoms with Crippen LogP contribution in [0.2, 0.25) is 0 Å². The Hall–Kier alpha value is -1.61. The minimum Gasteiger partial charge on any atom is -0.392 e. The SMILES string of the molecule is CC(C)n1ccc(CC(O)Cc2ccccc2)n1. The maximum Gasteiger partial charge on any atom is 0.0650 e. The van der Waals surface area contributed by atoms with E-state index in [-0.39, 0.29) is 6.10 Å². The lowest BCUT2D eigenvalue weighted by atomic mass is 10.0. The lowest BCUT2D eigenvalue weighted by Crippen LogP contribution is -2.14. The van der Waals surface area contributed by atoms with Gasteiger partial charge in [0.2, 0.25) is 0 Å². The molecule has 0 saturated carbocycles. The molecule has 0 amide bonds. The minimum atomic E-state index is -0.372. The average molecular weight is 244 g/mol. The lowest BCUT2D eigenvalue weighted by Gasteiger charge is -2.09. The molecule has 1 N–H and O–H groups in total. The van der Waals surface area contributed by atoms with E-state index in [0.717, 1.165) is 11.3 Å². The van der Waals surface area contributed by atoms with E-state index in [2.05, 4.69) is 18.9 Å². The molecule has 0 aliphatic carbocycles. The Morgan fingerprint density at radius 2 is 1.83 bits per heavy atom. The number of hydrogen-bond acceptors (Lipinski definition) is 2. The van der Waals surface area contributed by atoms with E-state index in [4.69, 9.17) is 0 Å². The molecule has 0 bridgehead atoms. The summed E-state index contributed by atoms with van der Waals surface area (Å²) in [5.74, 6) is 0. The molecule has 18 heavy (non-hydrogen) atoms. The summed E-state index contributed by atoms with van der Waals surface area (Å²) in [4.78, 5) is 0. The van der Waals surface area contributed by atoms with Crippen molar-refractivity contribution >= 4 is 0 Å². The lowest BCUT2D eigenvalue weighted by molar-refractivity contribution is 0.174. The molecule has 96 valence electrons. The fraction of sp³-hybridized carbons (Fsp3) is 0.400. The summed E-state index contributed by atoms with van der Waals surface area (Å²) in [5, 5.41) is 14.5. The first kappa shape index (κ1) is 12.8. The van der Waals surface area contributed by atoms with Crippen molar-refractivity contribution < 1.29 is 5.11 Å². The van der Waals surface area contributed by atoms with Gasteiger partial charge in [0.05, 0.1) is 11.8 Å². The van der Waals surface area contributed by atoms with Crippen molar-refractivity contribution in [2.75, 3.05) is 0 Å². The molecule has 1 unspecified atom stereocenters. The predicted molar refractivity (Wildman–Crippen MR) is 72.5 cm³/mol. The highest BCUT2D eigenvalue weighted by molar-refractivity contribution is 5.16. The van der Waals surface area contributed by atoms with Crippen LogP contribution in [-0.4, -0.2) is 21.0 Å². The zero-order valence-electron chi connectivity index (χ0n) is 11.0. The third-order valence-electron chi connectivity index (χ3n) is 2.95. The Labute approximate surface area is 108 Å². The summed E-state index contributed by atoms with van der Waals surface area (Å²) < 4.78 is 1.92. The monoisotopic (exact) mass is 244 g/mol. The number of rotatable bonds is 5. The van der Waals surface area contributed by atoms with Crippen LogP contribution in [0, 0.1) is 0 Å². The summed E-state index contributed by atoms with van der Waals surface area (Å²) in [6.07, 6.45) is 2.88. The van der Waals surface area contributed by atoms with Crippen molar-refractivity contribution in [1.82, 2.24) is 9.78 Å². The molecular formula is C15H20N2O.